The van der Waals surface area contributed by atoms with Crippen molar-refractivity contribution in [1.82, 2.24) is 0 Å². The van der Waals surface area contributed by atoms with E-state index in [0.29, 0.717) is 0 Å². The molecule has 0 aromatic rings. The van der Waals surface area contributed by atoms with Crippen LogP contribution in [0.4, 0.5) is 0 Å². The van der Waals surface area contributed by atoms with Gasteiger partial charge in [0, 0.05) is 0 Å². The van der Waals surface area contributed by atoms with Gasteiger partial charge in [-0.05, 0) is 0 Å². The Labute approximate surface area is 71.1 Å². The van der Waals surface area contributed by atoms with Crippen LogP contribution in [0.15, 0.2) is 0 Å². The summed E-state index contributed by atoms with van der Waals surface area (Å²) in [5, 5.41) is 0. The molecule has 0 aliphatic carbocycles. The molecule has 0 amide bonds. The average Bonchev–Trinajstić information content (AvgIpc) is 0.722. The number of hydrogen-bond acceptors (Lipinski definition) is 2. The summed E-state index contributed by atoms with van der Waals surface area (Å²) < 4.78 is 31.6. The zero-order valence-electron chi connectivity index (χ0n) is 2.62. The molecule has 0 unspecified atom stereocenters. The fourth-order valence-corrected chi connectivity index (χ4v) is 0. The first kappa shape index (κ1) is 23.0. The van der Waals surface area contributed by atoms with Gasteiger partial charge >= 0.3 is 48.1 Å². The van der Waals surface area contributed by atoms with Crippen molar-refractivity contribution < 1.29 is 23.0 Å². The Bertz CT molecular complexity index is 93.6. The first-order valence-electron chi connectivity index (χ1n) is 0.698. The van der Waals surface area contributed by atoms with E-state index in [1.54, 1.807) is 0 Å². The molecule has 5 nitrogen and oxygen atoms in total. The molecule has 44 valence electrons. The van der Waals surface area contributed by atoms with Crippen molar-refractivity contribution in [3.05, 3.63) is 0 Å². The second-order valence-electron chi connectivity index (χ2n) is 0.448. The summed E-state index contributed by atoms with van der Waals surface area (Å²) in [7, 11) is -4.67. The van der Waals surface area contributed by atoms with Crippen LogP contribution in [-0.4, -0.2) is 60.7 Å². The predicted molar refractivity (Wildman–Crippen MR) is 32.1 cm³/mol. The summed E-state index contributed by atoms with van der Waals surface area (Å²) >= 11 is 0. The quantitative estimate of drug-likeness (QED) is 0.274. The van der Waals surface area contributed by atoms with Crippen molar-refractivity contribution in [2.24, 2.45) is 0 Å². The maximum absolute atomic E-state index is 8.74. The normalized spacial score (nSPS) is 7.25. The third-order valence-electron chi connectivity index (χ3n) is 0. The molecule has 0 aliphatic heterocycles. The fraction of sp³-hybridized carbons (Fsp3) is 0. The molecule has 8 heteroatoms. The topological polar surface area (TPSA) is 106 Å². The second kappa shape index (κ2) is 8.02. The molecule has 0 aromatic carbocycles. The Morgan fingerprint density at radius 1 is 1.00 bits per heavy atom. The standard InChI is InChI=1S/2Li.H2O4S.H2O.2H/c;;1-5(2,3)4;;;/h;;(H2,1,2,3,4);1H2;;. The van der Waals surface area contributed by atoms with Crippen LogP contribution in [0.3, 0.4) is 0 Å². The van der Waals surface area contributed by atoms with Gasteiger partial charge in [0.05, 0.1) is 0 Å². The Hall–Kier alpha value is 1.02. The average molecular weight is 132 g/mol. The van der Waals surface area contributed by atoms with E-state index in [4.69, 9.17) is 17.5 Å². The third kappa shape index (κ3) is 243. The molecular weight excluding hydrogens is 126 g/mol. The van der Waals surface area contributed by atoms with Crippen LogP contribution in [0, 0.1) is 0 Å². The summed E-state index contributed by atoms with van der Waals surface area (Å²) in [6.45, 7) is 0. The minimum absolute atomic E-state index is 0. The Kier molecular flexibility index (Phi) is 23.1. The SMILES string of the molecule is O.O=S(=O)(O)O.[LiH].[LiH]. The van der Waals surface area contributed by atoms with Crippen molar-refractivity contribution in [3.63, 3.8) is 0 Å². The summed E-state index contributed by atoms with van der Waals surface area (Å²) in [5.74, 6) is 0. The van der Waals surface area contributed by atoms with Crippen LogP contribution in [0.25, 0.3) is 0 Å². The molecule has 0 bridgehead atoms. The van der Waals surface area contributed by atoms with Gasteiger partial charge in [-0.25, -0.2) is 0 Å². The number of rotatable bonds is 0. The molecule has 0 heterocycles. The van der Waals surface area contributed by atoms with Gasteiger partial charge in [0.1, 0.15) is 0 Å². The molecule has 0 atom stereocenters. The van der Waals surface area contributed by atoms with Gasteiger partial charge < -0.3 is 5.48 Å². The van der Waals surface area contributed by atoms with E-state index in [-0.39, 0.29) is 43.2 Å². The molecule has 0 saturated heterocycles. The van der Waals surface area contributed by atoms with Crippen molar-refractivity contribution in [2.45, 2.75) is 0 Å². The molecule has 0 radical (unpaired) electrons. The first-order valence-corrected chi connectivity index (χ1v) is 2.10. The summed E-state index contributed by atoms with van der Waals surface area (Å²) in [6.07, 6.45) is 0. The van der Waals surface area contributed by atoms with Gasteiger partial charge in [-0.15, -0.1) is 0 Å². The van der Waals surface area contributed by atoms with E-state index in [1.807, 2.05) is 0 Å². The van der Waals surface area contributed by atoms with Crippen LogP contribution in [0.5, 0.6) is 0 Å². The van der Waals surface area contributed by atoms with Gasteiger partial charge in [0.15, 0.2) is 0 Å². The molecule has 4 N–H and O–H groups in total. The molecule has 8 heavy (non-hydrogen) atoms. The van der Waals surface area contributed by atoms with Crippen LogP contribution in [0.2, 0.25) is 0 Å². The van der Waals surface area contributed by atoms with E-state index in [0.717, 1.165) is 0 Å². The van der Waals surface area contributed by atoms with Gasteiger partial charge in [0.25, 0.3) is 0 Å². The van der Waals surface area contributed by atoms with Crippen LogP contribution < -0.4 is 0 Å². The van der Waals surface area contributed by atoms with E-state index in [2.05, 4.69) is 0 Å². The van der Waals surface area contributed by atoms with Crippen LogP contribution in [0.1, 0.15) is 0 Å². The monoisotopic (exact) mass is 132 g/mol. The molecule has 0 spiro atoms. The molecule has 0 rings (SSSR count). The summed E-state index contributed by atoms with van der Waals surface area (Å²) in [4.78, 5) is 0. The van der Waals surface area contributed by atoms with E-state index in [9.17, 15) is 0 Å². The zero-order chi connectivity index (χ0) is 4.50. The molecule has 0 aliphatic rings. The minimum atomic E-state index is -4.67. The van der Waals surface area contributed by atoms with Crippen molar-refractivity contribution in [2.75, 3.05) is 0 Å². The van der Waals surface area contributed by atoms with Gasteiger partial charge in [0.2, 0.25) is 0 Å². The Morgan fingerprint density at radius 2 is 1.00 bits per heavy atom. The molecule has 0 saturated carbocycles. The van der Waals surface area contributed by atoms with E-state index < -0.39 is 10.4 Å². The molecule has 0 fully saturated rings. The predicted octanol–water partition coefficient (Wildman–Crippen LogP) is -2.77. The van der Waals surface area contributed by atoms with Crippen molar-refractivity contribution in [3.8, 4) is 0 Å². The van der Waals surface area contributed by atoms with Crippen molar-refractivity contribution in [1.29, 1.82) is 0 Å². The zero-order valence-corrected chi connectivity index (χ0v) is 3.44. The van der Waals surface area contributed by atoms with Gasteiger partial charge in [-0.1, -0.05) is 0 Å². The van der Waals surface area contributed by atoms with Gasteiger partial charge in [-0.3, -0.25) is 9.11 Å². The Morgan fingerprint density at radius 3 is 1.00 bits per heavy atom. The molecule has 0 aromatic heterocycles. The summed E-state index contributed by atoms with van der Waals surface area (Å²) in [6, 6.07) is 0. The van der Waals surface area contributed by atoms with Crippen LogP contribution >= 0.6 is 0 Å². The van der Waals surface area contributed by atoms with Crippen LogP contribution in [-0.2, 0) is 10.4 Å². The van der Waals surface area contributed by atoms with E-state index >= 15 is 0 Å². The maximum atomic E-state index is 8.74. The molecular formula is H6Li2O5S. The number of hydrogen-bond donors (Lipinski definition) is 2. The second-order valence-corrected chi connectivity index (χ2v) is 1.34. The van der Waals surface area contributed by atoms with E-state index in [1.165, 1.54) is 0 Å². The van der Waals surface area contributed by atoms with Crippen molar-refractivity contribution >= 4 is 48.1 Å². The van der Waals surface area contributed by atoms with Gasteiger partial charge in [-0.2, -0.15) is 8.42 Å². The summed E-state index contributed by atoms with van der Waals surface area (Å²) in [5.41, 5.74) is 0. The third-order valence-corrected chi connectivity index (χ3v) is 0. The fourth-order valence-electron chi connectivity index (χ4n) is 0. The Balaban J connectivity index is -0.0000000267. The first-order chi connectivity index (χ1) is 2.00.